The van der Waals surface area contributed by atoms with E-state index in [2.05, 4.69) is 20.9 Å². The molecule has 0 saturated carbocycles. The molecule has 4 nitrogen and oxygen atoms in total. The Bertz CT molecular complexity index is 883. The number of nitrogens with one attached hydrogen (secondary N) is 1. The highest BCUT2D eigenvalue weighted by atomic mass is 79.9. The summed E-state index contributed by atoms with van der Waals surface area (Å²) in [6.07, 6.45) is 1.24. The van der Waals surface area contributed by atoms with Crippen LogP contribution in [0, 0.1) is 0 Å². The van der Waals surface area contributed by atoms with Gasteiger partial charge < -0.3 is 10.1 Å². The average molecular weight is 318 g/mol. The molecule has 94 valence electrons. The summed E-state index contributed by atoms with van der Waals surface area (Å²) in [6.45, 7) is 0. The Labute approximate surface area is 115 Å². The van der Waals surface area contributed by atoms with Crippen molar-refractivity contribution >= 4 is 43.6 Å². The third kappa shape index (κ3) is 1.74. The number of aromatic nitrogens is 1. The second-order valence-corrected chi connectivity index (χ2v) is 5.02. The van der Waals surface area contributed by atoms with Gasteiger partial charge in [0.2, 0.25) is 5.43 Å². The van der Waals surface area contributed by atoms with E-state index in [-0.39, 0.29) is 5.56 Å². The number of H-pyrrole nitrogens is 1. The van der Waals surface area contributed by atoms with Crippen LogP contribution in [-0.4, -0.2) is 16.1 Å². The summed E-state index contributed by atoms with van der Waals surface area (Å²) in [5, 5.41) is 11.2. The summed E-state index contributed by atoms with van der Waals surface area (Å²) in [7, 11) is 0. The van der Waals surface area contributed by atoms with Gasteiger partial charge in [0.05, 0.1) is 5.52 Å². The minimum Gasteiger partial charge on any atom is -0.477 e. The normalized spacial score (nSPS) is 11.0. The maximum atomic E-state index is 12.1. The molecule has 0 unspecified atom stereocenters. The predicted octanol–water partition coefficient (Wildman–Crippen LogP) is 3.14. The Kier molecular flexibility index (Phi) is 2.64. The van der Waals surface area contributed by atoms with E-state index in [9.17, 15) is 9.59 Å². The molecule has 1 aromatic heterocycles. The summed E-state index contributed by atoms with van der Waals surface area (Å²) in [6, 6.07) is 9.25. The molecule has 2 aromatic carbocycles. The van der Waals surface area contributed by atoms with Crippen molar-refractivity contribution in [3.63, 3.8) is 0 Å². The monoisotopic (exact) mass is 317 g/mol. The van der Waals surface area contributed by atoms with Gasteiger partial charge >= 0.3 is 5.97 Å². The van der Waals surface area contributed by atoms with Crippen LogP contribution in [0.2, 0.25) is 0 Å². The maximum absolute atomic E-state index is 12.1. The topological polar surface area (TPSA) is 70.2 Å². The highest BCUT2D eigenvalue weighted by molar-refractivity contribution is 9.10. The molecule has 0 saturated heterocycles. The SMILES string of the molecule is O=C(O)c1c[nH]c2c(cc(Br)c3ccccc32)c1=O. The molecule has 0 atom stereocenters. The lowest BCUT2D eigenvalue weighted by Gasteiger charge is -2.06. The van der Waals surface area contributed by atoms with E-state index in [0.717, 1.165) is 15.2 Å². The van der Waals surface area contributed by atoms with Gasteiger partial charge in [-0.15, -0.1) is 0 Å². The van der Waals surface area contributed by atoms with Crippen LogP contribution in [-0.2, 0) is 0 Å². The zero-order chi connectivity index (χ0) is 13.6. The minimum atomic E-state index is -1.23. The maximum Gasteiger partial charge on any atom is 0.341 e. The molecule has 1 heterocycles. The molecule has 3 aromatic rings. The standard InChI is InChI=1S/C14H8BrNO3/c15-11-5-9-12(8-4-2-1-3-7(8)11)16-6-10(13(9)17)14(18)19/h1-6H,(H,16,17)(H,18,19). The Hall–Kier alpha value is -2.14. The van der Waals surface area contributed by atoms with Crippen LogP contribution in [0.3, 0.4) is 0 Å². The Balaban J connectivity index is 2.57. The van der Waals surface area contributed by atoms with Crippen molar-refractivity contribution in [1.29, 1.82) is 0 Å². The molecular formula is C14H8BrNO3. The number of halogens is 1. The first-order chi connectivity index (χ1) is 9.09. The fourth-order valence-electron chi connectivity index (χ4n) is 2.18. The van der Waals surface area contributed by atoms with E-state index in [0.29, 0.717) is 10.9 Å². The van der Waals surface area contributed by atoms with Crippen molar-refractivity contribution in [3.8, 4) is 0 Å². The average Bonchev–Trinajstić information content (AvgIpc) is 2.40. The van der Waals surface area contributed by atoms with Crippen LogP contribution in [0.4, 0.5) is 0 Å². The van der Waals surface area contributed by atoms with Crippen molar-refractivity contribution in [1.82, 2.24) is 4.98 Å². The molecule has 0 aliphatic rings. The fraction of sp³-hybridized carbons (Fsp3) is 0. The molecule has 5 heteroatoms. The largest absolute Gasteiger partial charge is 0.477 e. The third-order valence-corrected chi connectivity index (χ3v) is 3.73. The van der Waals surface area contributed by atoms with Crippen LogP contribution < -0.4 is 5.43 Å². The Morgan fingerprint density at radius 3 is 2.53 bits per heavy atom. The van der Waals surface area contributed by atoms with Crippen LogP contribution >= 0.6 is 15.9 Å². The molecular weight excluding hydrogens is 310 g/mol. The van der Waals surface area contributed by atoms with E-state index >= 15 is 0 Å². The van der Waals surface area contributed by atoms with Crippen LogP contribution in [0.1, 0.15) is 10.4 Å². The number of rotatable bonds is 1. The zero-order valence-electron chi connectivity index (χ0n) is 9.61. The highest BCUT2D eigenvalue weighted by Gasteiger charge is 2.14. The lowest BCUT2D eigenvalue weighted by molar-refractivity contribution is 0.0695. The number of benzene rings is 2. The van der Waals surface area contributed by atoms with Gasteiger partial charge in [-0.1, -0.05) is 40.2 Å². The number of hydrogen-bond donors (Lipinski definition) is 2. The van der Waals surface area contributed by atoms with Gasteiger partial charge in [0.15, 0.2) is 0 Å². The summed E-state index contributed by atoms with van der Waals surface area (Å²) >= 11 is 3.41. The molecule has 0 aliphatic carbocycles. The number of pyridine rings is 1. The van der Waals surface area contributed by atoms with E-state index in [1.54, 1.807) is 6.07 Å². The van der Waals surface area contributed by atoms with Crippen LogP contribution in [0.5, 0.6) is 0 Å². The molecule has 0 radical (unpaired) electrons. The molecule has 0 fully saturated rings. The molecule has 19 heavy (non-hydrogen) atoms. The lowest BCUT2D eigenvalue weighted by atomic mass is 10.0. The second kappa shape index (κ2) is 4.20. The summed E-state index contributed by atoms with van der Waals surface area (Å²) < 4.78 is 0.767. The quantitative estimate of drug-likeness (QED) is 0.677. The number of carboxylic acids is 1. The number of aromatic amines is 1. The van der Waals surface area contributed by atoms with Gasteiger partial charge in [-0.2, -0.15) is 0 Å². The van der Waals surface area contributed by atoms with E-state index in [1.165, 1.54) is 6.20 Å². The van der Waals surface area contributed by atoms with Gasteiger partial charge in [-0.25, -0.2) is 4.79 Å². The fourth-order valence-corrected chi connectivity index (χ4v) is 2.75. The van der Waals surface area contributed by atoms with Crippen molar-refractivity contribution < 1.29 is 9.90 Å². The molecule has 0 amide bonds. The van der Waals surface area contributed by atoms with Crippen molar-refractivity contribution in [2.75, 3.05) is 0 Å². The first kappa shape index (κ1) is 11.9. The Morgan fingerprint density at radius 1 is 1.16 bits per heavy atom. The minimum absolute atomic E-state index is 0.255. The number of carbonyl (C=O) groups is 1. The van der Waals surface area contributed by atoms with Crippen LogP contribution in [0.15, 0.2) is 45.8 Å². The number of hydrogen-bond acceptors (Lipinski definition) is 2. The first-order valence-electron chi connectivity index (χ1n) is 5.55. The lowest BCUT2D eigenvalue weighted by Crippen LogP contribution is -2.15. The molecule has 0 spiro atoms. The highest BCUT2D eigenvalue weighted by Crippen LogP contribution is 2.29. The van der Waals surface area contributed by atoms with E-state index in [1.807, 2.05) is 24.3 Å². The summed E-state index contributed by atoms with van der Waals surface area (Å²) in [5.41, 5.74) is -0.0869. The van der Waals surface area contributed by atoms with Crippen molar-refractivity contribution in [2.45, 2.75) is 0 Å². The van der Waals surface area contributed by atoms with Gasteiger partial charge in [-0.3, -0.25) is 4.79 Å². The number of fused-ring (bicyclic) bond motifs is 3. The van der Waals surface area contributed by atoms with E-state index < -0.39 is 11.4 Å². The van der Waals surface area contributed by atoms with Crippen LogP contribution in [0.25, 0.3) is 21.7 Å². The number of aromatic carboxylic acids is 1. The molecule has 2 N–H and O–H groups in total. The molecule has 0 aliphatic heterocycles. The van der Waals surface area contributed by atoms with Crippen molar-refractivity contribution in [2.24, 2.45) is 0 Å². The Morgan fingerprint density at radius 2 is 1.84 bits per heavy atom. The van der Waals surface area contributed by atoms with Gasteiger partial charge in [0.25, 0.3) is 0 Å². The summed E-state index contributed by atoms with van der Waals surface area (Å²) in [4.78, 5) is 26.0. The molecule has 0 bridgehead atoms. The van der Waals surface area contributed by atoms with Crippen molar-refractivity contribution in [3.05, 3.63) is 56.8 Å². The van der Waals surface area contributed by atoms with Gasteiger partial charge in [0, 0.05) is 21.4 Å². The smallest absolute Gasteiger partial charge is 0.341 e. The predicted molar refractivity (Wildman–Crippen MR) is 76.7 cm³/mol. The summed E-state index contributed by atoms with van der Waals surface area (Å²) in [5.74, 6) is -1.23. The zero-order valence-corrected chi connectivity index (χ0v) is 11.2. The first-order valence-corrected chi connectivity index (χ1v) is 6.35. The van der Waals surface area contributed by atoms with Gasteiger partial charge in [0.1, 0.15) is 5.56 Å². The van der Waals surface area contributed by atoms with E-state index in [4.69, 9.17) is 5.11 Å². The number of carboxylic acid groups (broad SMARTS) is 1. The second-order valence-electron chi connectivity index (χ2n) is 4.16. The van der Waals surface area contributed by atoms with Gasteiger partial charge in [-0.05, 0) is 11.5 Å². The third-order valence-electron chi connectivity index (χ3n) is 3.07. The molecule has 3 rings (SSSR count).